The van der Waals surface area contributed by atoms with Crippen molar-refractivity contribution in [2.75, 3.05) is 47.0 Å². The molecule has 4 aromatic rings. The fourth-order valence-corrected chi connectivity index (χ4v) is 8.06. The maximum atomic E-state index is 15.4. The molecular weight excluding hydrogens is 679 g/mol. The summed E-state index contributed by atoms with van der Waals surface area (Å²) >= 11 is 0. The number of likely N-dealkylation sites (tertiary alicyclic amines) is 2. The van der Waals surface area contributed by atoms with Gasteiger partial charge in [0.15, 0.2) is 0 Å². The predicted octanol–water partition coefficient (Wildman–Crippen LogP) is 6.30. The number of aromatic nitrogens is 3. The molecule has 0 unspecified atom stereocenters. The van der Waals surface area contributed by atoms with Crippen molar-refractivity contribution in [3.8, 4) is 17.1 Å². The number of halogens is 1. The number of nitrogens with one attached hydrogen (secondary N) is 1. The molecule has 1 saturated carbocycles. The van der Waals surface area contributed by atoms with Crippen LogP contribution in [0.15, 0.2) is 30.5 Å². The first-order chi connectivity index (χ1) is 25.3. The van der Waals surface area contributed by atoms with Crippen molar-refractivity contribution in [1.82, 2.24) is 29.3 Å². The standard InChI is InChI=1S/C40H51FN6O6/c1-24-35(43-47-21-28(18-33(52-6)36(24)47)38(49)45-13-7-8-30(22-45)42-39(50)53-40(2,3)4)32-17-27-16-29(41)19-31(37(27)46(32)20-25-9-10-25)26-11-14-44(15-12-26)34(48)23-51-5/h16-19,21,25-26,30H,7-15,20,22-23H2,1-6H3,(H,42,50)/t30-/m1/s1. The largest absolute Gasteiger partial charge is 0.494 e. The number of aryl methyl sites for hydroxylation is 1. The third kappa shape index (κ3) is 7.71. The predicted molar refractivity (Wildman–Crippen MR) is 199 cm³/mol. The van der Waals surface area contributed by atoms with Gasteiger partial charge >= 0.3 is 6.09 Å². The van der Waals surface area contributed by atoms with Crippen molar-refractivity contribution >= 4 is 34.3 Å². The molecule has 3 aliphatic rings. The van der Waals surface area contributed by atoms with Crippen molar-refractivity contribution in [2.45, 2.75) is 90.3 Å². The molecule has 2 aliphatic heterocycles. The Bertz CT molecular complexity index is 2040. The summed E-state index contributed by atoms with van der Waals surface area (Å²) in [6.45, 7) is 10.5. The maximum absolute atomic E-state index is 15.4. The second-order valence-electron chi connectivity index (χ2n) is 15.9. The van der Waals surface area contributed by atoms with Crippen LogP contribution in [0.25, 0.3) is 27.8 Å². The van der Waals surface area contributed by atoms with Gasteiger partial charge in [-0.3, -0.25) is 9.59 Å². The summed E-state index contributed by atoms with van der Waals surface area (Å²) in [7, 11) is 3.11. The van der Waals surface area contributed by atoms with Gasteiger partial charge in [-0.05, 0) is 108 Å². The third-order valence-electron chi connectivity index (χ3n) is 10.7. The summed E-state index contributed by atoms with van der Waals surface area (Å²) in [4.78, 5) is 42.5. The van der Waals surface area contributed by atoms with Crippen molar-refractivity contribution in [2.24, 2.45) is 5.92 Å². The maximum Gasteiger partial charge on any atom is 0.407 e. The van der Waals surface area contributed by atoms with Gasteiger partial charge in [-0.1, -0.05) is 0 Å². The van der Waals surface area contributed by atoms with Gasteiger partial charge < -0.3 is 33.9 Å². The molecule has 1 aromatic carbocycles. The SMILES string of the molecule is COCC(=O)N1CCC(c2cc(F)cc3cc(-c4nn5cc(C(=O)N6CCC[C@@H](NC(=O)OC(C)(C)C)C6)cc(OC)c5c4C)n(CC4CC4)c23)CC1. The first-order valence-electron chi connectivity index (χ1n) is 18.8. The summed E-state index contributed by atoms with van der Waals surface area (Å²) in [5.41, 5.74) is 5.10. The number of piperidine rings is 2. The van der Waals surface area contributed by atoms with Crippen LogP contribution in [0.5, 0.6) is 5.75 Å². The quantitative estimate of drug-likeness (QED) is 0.215. The topological polar surface area (TPSA) is 120 Å². The van der Waals surface area contributed by atoms with Crippen molar-refractivity contribution in [3.63, 3.8) is 0 Å². The van der Waals surface area contributed by atoms with Gasteiger partial charge in [0.2, 0.25) is 5.91 Å². The minimum Gasteiger partial charge on any atom is -0.494 e. The van der Waals surface area contributed by atoms with Crippen molar-refractivity contribution in [1.29, 1.82) is 0 Å². The van der Waals surface area contributed by atoms with E-state index >= 15 is 4.39 Å². The van der Waals surface area contributed by atoms with Crippen LogP contribution in [0.3, 0.4) is 0 Å². The summed E-state index contributed by atoms with van der Waals surface area (Å²) in [6.07, 6.45) is 6.53. The lowest BCUT2D eigenvalue weighted by atomic mass is 9.88. The third-order valence-corrected chi connectivity index (χ3v) is 10.7. The van der Waals surface area contributed by atoms with E-state index in [0.717, 1.165) is 84.0 Å². The minimum atomic E-state index is -0.615. The molecule has 0 spiro atoms. The Kier molecular flexibility index (Phi) is 10.1. The summed E-state index contributed by atoms with van der Waals surface area (Å²) in [5, 5.41) is 8.83. The van der Waals surface area contributed by atoms with Gasteiger partial charge in [0, 0.05) is 63.0 Å². The normalized spacial score (nSPS) is 18.5. The molecule has 284 valence electrons. The van der Waals surface area contributed by atoms with Gasteiger partial charge in [0.05, 0.1) is 23.9 Å². The van der Waals surface area contributed by atoms with E-state index in [-0.39, 0.29) is 36.2 Å². The Hall–Kier alpha value is -4.65. The molecule has 0 radical (unpaired) electrons. The summed E-state index contributed by atoms with van der Waals surface area (Å²) in [6, 6.07) is 6.87. The number of ether oxygens (including phenoxy) is 3. The molecule has 1 atom stereocenters. The van der Waals surface area contributed by atoms with Gasteiger partial charge in [-0.15, -0.1) is 0 Å². The number of amides is 3. The number of carbonyl (C=O) groups is 3. The molecule has 1 aliphatic carbocycles. The number of fused-ring (bicyclic) bond motifs is 2. The van der Waals surface area contributed by atoms with Gasteiger partial charge in [0.25, 0.3) is 5.91 Å². The second kappa shape index (κ2) is 14.6. The van der Waals surface area contributed by atoms with Crippen LogP contribution >= 0.6 is 0 Å². The average molecular weight is 731 g/mol. The van der Waals surface area contributed by atoms with Crippen LogP contribution in [0.1, 0.15) is 86.7 Å². The van der Waals surface area contributed by atoms with Crippen LogP contribution in [0.2, 0.25) is 0 Å². The zero-order valence-corrected chi connectivity index (χ0v) is 31.7. The van der Waals surface area contributed by atoms with Gasteiger partial charge in [-0.2, -0.15) is 5.10 Å². The molecule has 5 heterocycles. The van der Waals surface area contributed by atoms with E-state index in [1.165, 1.54) is 7.11 Å². The van der Waals surface area contributed by atoms with E-state index in [9.17, 15) is 14.4 Å². The Balaban J connectivity index is 1.22. The first-order valence-corrected chi connectivity index (χ1v) is 18.8. The van der Waals surface area contributed by atoms with Crippen molar-refractivity contribution in [3.05, 3.63) is 53.0 Å². The number of nitrogens with zero attached hydrogens (tertiary/aromatic N) is 5. The Morgan fingerprint density at radius 3 is 2.40 bits per heavy atom. The van der Waals surface area contributed by atoms with Crippen LogP contribution < -0.4 is 10.1 Å². The molecule has 53 heavy (non-hydrogen) atoms. The summed E-state index contributed by atoms with van der Waals surface area (Å²) < 4.78 is 35.8. The lowest BCUT2D eigenvalue weighted by molar-refractivity contribution is -0.136. The molecule has 12 nitrogen and oxygen atoms in total. The fourth-order valence-electron chi connectivity index (χ4n) is 8.06. The van der Waals surface area contributed by atoms with E-state index < -0.39 is 11.7 Å². The number of pyridine rings is 1. The second-order valence-corrected chi connectivity index (χ2v) is 15.9. The Morgan fingerprint density at radius 2 is 1.72 bits per heavy atom. The van der Waals surface area contributed by atoms with Gasteiger partial charge in [-0.25, -0.2) is 13.7 Å². The number of hydrogen-bond donors (Lipinski definition) is 1. The van der Waals surface area contributed by atoms with Crippen LogP contribution in [-0.4, -0.2) is 101 Å². The van der Waals surface area contributed by atoms with E-state index in [2.05, 4.69) is 9.88 Å². The van der Waals surface area contributed by atoms with Crippen LogP contribution in [0, 0.1) is 18.7 Å². The Labute approximate surface area is 309 Å². The molecule has 3 amide bonds. The minimum absolute atomic E-state index is 0.0207. The molecule has 3 fully saturated rings. The highest BCUT2D eigenvalue weighted by atomic mass is 19.1. The highest BCUT2D eigenvalue weighted by Crippen LogP contribution is 2.42. The van der Waals surface area contributed by atoms with Crippen LogP contribution in [0.4, 0.5) is 9.18 Å². The number of rotatable bonds is 9. The monoisotopic (exact) mass is 730 g/mol. The fraction of sp³-hybridized carbons (Fsp3) is 0.550. The highest BCUT2D eigenvalue weighted by Gasteiger charge is 2.32. The highest BCUT2D eigenvalue weighted by molar-refractivity contribution is 5.96. The average Bonchev–Trinajstić information content (AvgIpc) is 3.79. The van der Waals surface area contributed by atoms with E-state index in [0.29, 0.717) is 43.4 Å². The molecular formula is C40H51FN6O6. The molecule has 13 heteroatoms. The number of methoxy groups -OCH3 is 2. The zero-order chi connectivity index (χ0) is 37.6. The molecule has 1 N–H and O–H groups in total. The number of carbonyl (C=O) groups excluding carboxylic acids is 3. The lowest BCUT2D eigenvalue weighted by Crippen LogP contribution is -2.50. The van der Waals surface area contributed by atoms with E-state index in [1.54, 1.807) is 40.9 Å². The Morgan fingerprint density at radius 1 is 0.962 bits per heavy atom. The first kappa shape index (κ1) is 36.7. The van der Waals surface area contributed by atoms with E-state index in [1.807, 2.05) is 38.7 Å². The van der Waals surface area contributed by atoms with Gasteiger partial charge in [0.1, 0.15) is 35.0 Å². The number of benzene rings is 1. The number of hydrogen-bond acceptors (Lipinski definition) is 7. The molecule has 3 aromatic heterocycles. The van der Waals surface area contributed by atoms with Crippen LogP contribution in [-0.2, 0) is 20.8 Å². The summed E-state index contributed by atoms with van der Waals surface area (Å²) in [5.74, 6) is 0.688. The zero-order valence-electron chi connectivity index (χ0n) is 31.7. The molecule has 2 saturated heterocycles. The lowest BCUT2D eigenvalue weighted by Gasteiger charge is -2.33. The van der Waals surface area contributed by atoms with Crippen molar-refractivity contribution < 1.29 is 33.0 Å². The number of alkyl carbamates (subject to hydrolysis) is 1. The molecule has 7 rings (SSSR count). The van der Waals surface area contributed by atoms with E-state index in [4.69, 9.17) is 19.3 Å². The molecule has 0 bridgehead atoms. The smallest absolute Gasteiger partial charge is 0.407 e.